The van der Waals surface area contributed by atoms with Crippen molar-refractivity contribution in [2.45, 2.75) is 59.7 Å². The van der Waals surface area contributed by atoms with Gasteiger partial charge in [0.15, 0.2) is 0 Å². The van der Waals surface area contributed by atoms with Crippen molar-refractivity contribution in [2.24, 2.45) is 13.5 Å². The van der Waals surface area contributed by atoms with Crippen LogP contribution in [-0.4, -0.2) is 33.6 Å². The van der Waals surface area contributed by atoms with Crippen LogP contribution in [0.1, 0.15) is 56.7 Å². The molecule has 276 valence electrons. The first-order valence-corrected chi connectivity index (χ1v) is 23.9. The highest BCUT2D eigenvalue weighted by molar-refractivity contribution is 7.81. The largest absolute Gasteiger partial charge is 0.429 e. The van der Waals surface area contributed by atoms with E-state index >= 15 is 0 Å². The average molecular weight is 775 g/mol. The highest BCUT2D eigenvalue weighted by Gasteiger charge is 2.53. The summed E-state index contributed by atoms with van der Waals surface area (Å²) in [6, 6.07) is 38.7. The third-order valence-corrected chi connectivity index (χ3v) is 20.9. The Morgan fingerprint density at radius 1 is 0.426 bits per heavy atom. The molecule has 4 aliphatic heterocycles. The van der Waals surface area contributed by atoms with Crippen LogP contribution in [0.2, 0.25) is 0 Å². The molecule has 0 aromatic heterocycles. The van der Waals surface area contributed by atoms with Gasteiger partial charge in [0.2, 0.25) is 0 Å². The van der Waals surface area contributed by atoms with Gasteiger partial charge in [0.05, 0.1) is 0 Å². The minimum absolute atomic E-state index is 0.676. The summed E-state index contributed by atoms with van der Waals surface area (Å²) >= 11 is 0. The lowest BCUT2D eigenvalue weighted by atomic mass is 10.1. The molecule has 12 heteroatoms. The van der Waals surface area contributed by atoms with Crippen LogP contribution in [0.5, 0.6) is 17.2 Å². The van der Waals surface area contributed by atoms with Crippen molar-refractivity contribution >= 4 is 55.1 Å². The second-order valence-corrected chi connectivity index (χ2v) is 22.0. The Morgan fingerprint density at radius 2 is 0.722 bits per heavy atom. The Hall–Kier alpha value is -3.93. The molecule has 0 atom stereocenters. The first-order chi connectivity index (χ1) is 26.5. The van der Waals surface area contributed by atoms with E-state index in [-0.39, 0.29) is 0 Å². The Balaban J connectivity index is 1.31. The van der Waals surface area contributed by atoms with Crippen LogP contribution in [0.4, 0.5) is 0 Å². The molecule has 0 amide bonds. The lowest BCUT2D eigenvalue weighted by Gasteiger charge is -2.48. The predicted octanol–water partition coefficient (Wildman–Crippen LogP) is 13.2. The van der Waals surface area contributed by atoms with Crippen molar-refractivity contribution < 1.29 is 13.6 Å². The topological polar surface area (TPSA) is 74.5 Å². The average Bonchev–Trinajstić information content (AvgIpc) is 3.19. The third-order valence-electron chi connectivity index (χ3n) is 10.8. The Bertz CT molecular complexity index is 2360. The van der Waals surface area contributed by atoms with Gasteiger partial charge in [-0.2, -0.15) is 0 Å². The van der Waals surface area contributed by atoms with Gasteiger partial charge in [-0.15, -0.1) is 13.5 Å². The number of fused-ring (bicyclic) bond motifs is 9. The van der Waals surface area contributed by atoms with Gasteiger partial charge >= 0.3 is 22.7 Å². The van der Waals surface area contributed by atoms with Crippen molar-refractivity contribution in [1.82, 2.24) is 14.0 Å². The summed E-state index contributed by atoms with van der Waals surface area (Å²) in [6.07, 6.45) is 2.77. The van der Waals surface area contributed by atoms with Crippen molar-refractivity contribution in [3.63, 3.8) is 0 Å². The molecule has 0 N–H and O–H groups in total. The van der Waals surface area contributed by atoms with E-state index in [0.717, 1.165) is 105 Å². The highest BCUT2D eigenvalue weighted by atomic mass is 31.3. The minimum atomic E-state index is -3.23. The van der Waals surface area contributed by atoms with Gasteiger partial charge in [0.1, 0.15) is 17.2 Å². The SMILES string of the molecule is CCCN1Cc2ccc3ccccc3c2OP12=NP1(=NP3(=N2)Oc2c(ccc4ccccc24)CN3CCC)Oc2c(ccc3ccccc23)CN1CCC. The molecule has 4 aliphatic rings. The molecule has 54 heavy (non-hydrogen) atoms. The van der Waals surface area contributed by atoms with E-state index in [1.54, 1.807) is 0 Å². The zero-order valence-corrected chi connectivity index (χ0v) is 33.7. The predicted molar refractivity (Wildman–Crippen MR) is 224 cm³/mol. The number of rotatable bonds is 6. The first kappa shape index (κ1) is 34.6. The molecule has 6 aromatic rings. The van der Waals surface area contributed by atoms with E-state index in [1.807, 2.05) is 0 Å². The lowest BCUT2D eigenvalue weighted by molar-refractivity contribution is 0.346. The zero-order valence-electron chi connectivity index (χ0n) is 31.0. The number of nitrogens with zero attached hydrogens (tertiary/aromatic N) is 6. The molecule has 0 unspecified atom stereocenters. The molecule has 4 heterocycles. The smallest absolute Gasteiger partial charge is 0.337 e. The van der Waals surface area contributed by atoms with Crippen LogP contribution < -0.4 is 13.6 Å². The molecular weight excluding hydrogens is 729 g/mol. The standard InChI is InChI=1S/C42H45N6O3P3/c1-4-25-46-28-34-22-19-31-13-7-10-16-37(31)40(34)49-52(46)43-53(47(26-5-2)29-35-23-20-32-14-8-11-17-38(32)41(35)50-53)45-54(44-52)48(27-6-3)30-36-24-21-33-15-9-12-18-39(33)42(36)51-54/h7-24H,4-6,25-30H2,1-3H3. The summed E-state index contributed by atoms with van der Waals surface area (Å²) in [5.74, 6) is 2.61. The van der Waals surface area contributed by atoms with E-state index in [2.05, 4.69) is 144 Å². The zero-order chi connectivity index (χ0) is 36.5. The molecule has 9 nitrogen and oxygen atoms in total. The normalized spacial score (nSPS) is 24.9. The van der Waals surface area contributed by atoms with E-state index in [1.165, 1.54) is 0 Å². The highest BCUT2D eigenvalue weighted by Crippen LogP contribution is 2.83. The summed E-state index contributed by atoms with van der Waals surface area (Å²) in [5.41, 5.74) is 3.45. The Kier molecular flexibility index (Phi) is 8.56. The van der Waals surface area contributed by atoms with Crippen LogP contribution in [0.25, 0.3) is 32.3 Å². The summed E-state index contributed by atoms with van der Waals surface area (Å²) < 4.78 is 47.9. The van der Waals surface area contributed by atoms with Crippen molar-refractivity contribution in [3.05, 3.63) is 126 Å². The molecule has 6 aromatic carbocycles. The van der Waals surface area contributed by atoms with Crippen LogP contribution >= 0.6 is 22.7 Å². The van der Waals surface area contributed by atoms with Gasteiger partial charge in [-0.25, -0.2) is 14.0 Å². The van der Waals surface area contributed by atoms with Gasteiger partial charge in [-0.1, -0.05) is 130 Å². The Morgan fingerprint density at radius 3 is 1.02 bits per heavy atom. The summed E-state index contributed by atoms with van der Waals surface area (Å²) in [4.78, 5) is 0. The van der Waals surface area contributed by atoms with Crippen LogP contribution in [0.3, 0.4) is 0 Å². The van der Waals surface area contributed by atoms with Crippen LogP contribution in [-0.2, 0) is 19.6 Å². The van der Waals surface area contributed by atoms with Crippen molar-refractivity contribution in [3.8, 4) is 17.2 Å². The second-order valence-electron chi connectivity index (χ2n) is 14.6. The molecule has 0 radical (unpaired) electrons. The van der Waals surface area contributed by atoms with E-state index in [0.29, 0.717) is 19.6 Å². The molecule has 0 bridgehead atoms. The molecular formula is C42H45N6O3P3. The summed E-state index contributed by atoms with van der Waals surface area (Å²) in [5, 5.41) is 6.65. The molecule has 0 saturated carbocycles. The fourth-order valence-corrected chi connectivity index (χ4v) is 21.1. The fourth-order valence-electron chi connectivity index (χ4n) is 8.33. The van der Waals surface area contributed by atoms with Gasteiger partial charge in [0, 0.05) is 72.1 Å². The quantitative estimate of drug-likeness (QED) is 0.157. The number of benzene rings is 6. The molecule has 0 aliphatic carbocycles. The maximum Gasteiger partial charge on any atom is 0.337 e. The Labute approximate surface area is 317 Å². The maximum absolute atomic E-state index is 7.58. The van der Waals surface area contributed by atoms with Gasteiger partial charge < -0.3 is 13.6 Å². The van der Waals surface area contributed by atoms with E-state index in [9.17, 15) is 0 Å². The van der Waals surface area contributed by atoms with Crippen LogP contribution in [0.15, 0.2) is 123 Å². The lowest BCUT2D eigenvalue weighted by Crippen LogP contribution is -2.34. The molecule has 0 saturated heterocycles. The molecule has 0 fully saturated rings. The van der Waals surface area contributed by atoms with E-state index in [4.69, 9.17) is 27.1 Å². The third kappa shape index (κ3) is 5.43. The van der Waals surface area contributed by atoms with Gasteiger partial charge in [0.25, 0.3) is 0 Å². The second kappa shape index (κ2) is 13.4. The van der Waals surface area contributed by atoms with Gasteiger partial charge in [-0.3, -0.25) is 0 Å². The monoisotopic (exact) mass is 774 g/mol. The number of hydrogen-bond acceptors (Lipinski definition) is 9. The summed E-state index contributed by atoms with van der Waals surface area (Å²) in [7, 11) is -9.68. The van der Waals surface area contributed by atoms with Crippen molar-refractivity contribution in [2.75, 3.05) is 19.6 Å². The number of hydrogen-bond donors (Lipinski definition) is 0. The summed E-state index contributed by atoms with van der Waals surface area (Å²) in [6.45, 7) is 11.0. The molecule has 10 rings (SSSR count). The molecule has 3 spiro atoms. The first-order valence-electron chi connectivity index (χ1n) is 19.3. The fraction of sp³-hybridized carbons (Fsp3) is 0.286. The van der Waals surface area contributed by atoms with E-state index < -0.39 is 22.7 Å². The minimum Gasteiger partial charge on any atom is -0.429 e. The maximum atomic E-state index is 7.58. The van der Waals surface area contributed by atoms with Crippen molar-refractivity contribution in [1.29, 1.82) is 0 Å². The van der Waals surface area contributed by atoms with Crippen LogP contribution in [0, 0.1) is 0 Å². The van der Waals surface area contributed by atoms with Gasteiger partial charge in [-0.05, 0) is 35.4 Å².